The predicted molar refractivity (Wildman–Crippen MR) is 95.2 cm³/mol. The lowest BCUT2D eigenvalue weighted by Crippen LogP contribution is -2.32. The summed E-state index contributed by atoms with van der Waals surface area (Å²) in [6.45, 7) is 0.307. The molecule has 0 saturated heterocycles. The maximum Gasteiger partial charge on any atom is 0.238 e. The predicted octanol–water partition coefficient (Wildman–Crippen LogP) is 4.55. The van der Waals surface area contributed by atoms with Gasteiger partial charge in [0, 0.05) is 11.1 Å². The van der Waals surface area contributed by atoms with E-state index < -0.39 is 0 Å². The van der Waals surface area contributed by atoms with E-state index in [0.717, 1.165) is 12.8 Å². The minimum Gasteiger partial charge on any atom is -0.324 e. The van der Waals surface area contributed by atoms with Crippen LogP contribution in [0.3, 0.4) is 0 Å². The quantitative estimate of drug-likeness (QED) is 0.878. The molecule has 0 aliphatic heterocycles. The van der Waals surface area contributed by atoms with Crippen LogP contribution < -0.4 is 5.32 Å². The van der Waals surface area contributed by atoms with Crippen LogP contribution in [-0.4, -0.2) is 24.4 Å². The molecule has 120 valence electrons. The Bertz CT molecular complexity index is 733. The number of fused-ring (bicyclic) bond motifs is 1. The Morgan fingerprint density at radius 2 is 2.04 bits per heavy atom. The number of nitrogens with zero attached hydrogens (tertiary/aromatic N) is 1. The fraction of sp³-hybridized carbons (Fsp3) is 0.278. The van der Waals surface area contributed by atoms with Gasteiger partial charge in [0.15, 0.2) is 0 Å². The molecule has 1 aliphatic carbocycles. The number of nitrogens with one attached hydrogen (secondary N) is 1. The summed E-state index contributed by atoms with van der Waals surface area (Å²) in [5.74, 6) is -0.0963. The first-order chi connectivity index (χ1) is 11.0. The number of hydrogen-bond donors (Lipinski definition) is 1. The molecule has 0 aromatic heterocycles. The molecule has 1 aliphatic rings. The standard InChI is InChI=1S/C18H18Cl2N2O/c1-22(17-9-6-12-4-2-3-5-14(12)17)11-18(23)21-16-10-13(19)7-8-15(16)20/h2-5,7-8,10,17H,6,9,11H2,1H3,(H,21,23)/t17-/m1/s1. The zero-order valence-corrected chi connectivity index (χ0v) is 14.4. The van der Waals surface area contributed by atoms with E-state index in [9.17, 15) is 4.79 Å². The lowest BCUT2D eigenvalue weighted by Gasteiger charge is -2.24. The zero-order valence-electron chi connectivity index (χ0n) is 12.9. The van der Waals surface area contributed by atoms with E-state index in [1.165, 1.54) is 11.1 Å². The SMILES string of the molecule is CN(CC(=O)Nc1cc(Cl)ccc1Cl)[C@@H]1CCc2ccccc21. The van der Waals surface area contributed by atoms with E-state index in [1.807, 2.05) is 7.05 Å². The zero-order chi connectivity index (χ0) is 16.4. The van der Waals surface area contributed by atoms with Crippen LogP contribution in [0.15, 0.2) is 42.5 Å². The first-order valence-electron chi connectivity index (χ1n) is 7.57. The molecule has 0 heterocycles. The highest BCUT2D eigenvalue weighted by Crippen LogP contribution is 2.34. The van der Waals surface area contributed by atoms with E-state index in [-0.39, 0.29) is 11.9 Å². The van der Waals surface area contributed by atoms with Crippen molar-refractivity contribution in [3.8, 4) is 0 Å². The van der Waals surface area contributed by atoms with Crippen LogP contribution in [0.1, 0.15) is 23.6 Å². The number of hydrogen-bond acceptors (Lipinski definition) is 2. The second-order valence-corrected chi connectivity index (χ2v) is 6.68. The maximum atomic E-state index is 12.3. The van der Waals surface area contributed by atoms with Gasteiger partial charge in [0.1, 0.15) is 0 Å². The summed E-state index contributed by atoms with van der Waals surface area (Å²) >= 11 is 12.0. The van der Waals surface area contributed by atoms with E-state index in [1.54, 1.807) is 18.2 Å². The highest BCUT2D eigenvalue weighted by atomic mass is 35.5. The van der Waals surface area contributed by atoms with E-state index in [4.69, 9.17) is 23.2 Å². The molecule has 1 amide bonds. The third-order valence-corrected chi connectivity index (χ3v) is 4.79. The normalized spacial score (nSPS) is 16.4. The van der Waals surface area contributed by atoms with Gasteiger partial charge in [0.05, 0.1) is 17.3 Å². The van der Waals surface area contributed by atoms with E-state index in [0.29, 0.717) is 22.3 Å². The number of rotatable bonds is 4. The smallest absolute Gasteiger partial charge is 0.238 e. The van der Waals surface area contributed by atoms with E-state index >= 15 is 0 Å². The van der Waals surface area contributed by atoms with Gasteiger partial charge in [-0.15, -0.1) is 0 Å². The van der Waals surface area contributed by atoms with Crippen LogP contribution in [0.2, 0.25) is 10.0 Å². The van der Waals surface area contributed by atoms with Gasteiger partial charge in [0.25, 0.3) is 0 Å². The van der Waals surface area contributed by atoms with Crippen molar-refractivity contribution < 1.29 is 4.79 Å². The van der Waals surface area contributed by atoms with Gasteiger partial charge < -0.3 is 5.32 Å². The van der Waals surface area contributed by atoms with Crippen LogP contribution in [0.25, 0.3) is 0 Å². The average Bonchev–Trinajstić information content (AvgIpc) is 2.95. The first-order valence-corrected chi connectivity index (χ1v) is 8.33. The number of carbonyl (C=O) groups is 1. The van der Waals surface area contributed by atoms with Gasteiger partial charge in [-0.25, -0.2) is 0 Å². The average molecular weight is 349 g/mol. The Hall–Kier alpha value is -1.55. The maximum absolute atomic E-state index is 12.3. The summed E-state index contributed by atoms with van der Waals surface area (Å²) < 4.78 is 0. The number of anilines is 1. The number of aryl methyl sites for hydroxylation is 1. The molecule has 0 unspecified atom stereocenters. The third-order valence-electron chi connectivity index (χ3n) is 4.23. The van der Waals surface area contributed by atoms with Gasteiger partial charge >= 0.3 is 0 Å². The van der Waals surface area contributed by atoms with Crippen molar-refractivity contribution in [3.63, 3.8) is 0 Å². The molecule has 2 aromatic carbocycles. The van der Waals surface area contributed by atoms with Crippen molar-refractivity contribution in [1.82, 2.24) is 4.90 Å². The Morgan fingerprint density at radius 1 is 1.26 bits per heavy atom. The van der Waals surface area contributed by atoms with Crippen molar-refractivity contribution in [2.24, 2.45) is 0 Å². The van der Waals surface area contributed by atoms with Crippen molar-refractivity contribution in [3.05, 3.63) is 63.6 Å². The lowest BCUT2D eigenvalue weighted by atomic mass is 10.1. The third kappa shape index (κ3) is 3.69. The largest absolute Gasteiger partial charge is 0.324 e. The molecule has 23 heavy (non-hydrogen) atoms. The molecule has 3 nitrogen and oxygen atoms in total. The van der Waals surface area contributed by atoms with Gasteiger partial charge in [-0.1, -0.05) is 47.5 Å². The molecule has 0 spiro atoms. The Kier molecular flexibility index (Phi) is 4.90. The lowest BCUT2D eigenvalue weighted by molar-refractivity contribution is -0.117. The van der Waals surface area contributed by atoms with Crippen LogP contribution in [0, 0.1) is 0 Å². The fourth-order valence-electron chi connectivity index (χ4n) is 3.11. The summed E-state index contributed by atoms with van der Waals surface area (Å²) in [4.78, 5) is 14.4. The second kappa shape index (κ2) is 6.91. The first kappa shape index (κ1) is 16.3. The summed E-state index contributed by atoms with van der Waals surface area (Å²) in [5.41, 5.74) is 3.25. The minimum atomic E-state index is -0.0963. The molecule has 0 radical (unpaired) electrons. The second-order valence-electron chi connectivity index (χ2n) is 5.84. The Labute approximate surface area is 146 Å². The van der Waals surface area contributed by atoms with E-state index in [2.05, 4.69) is 34.5 Å². The van der Waals surface area contributed by atoms with Crippen LogP contribution in [-0.2, 0) is 11.2 Å². The monoisotopic (exact) mass is 348 g/mol. The van der Waals surface area contributed by atoms with Crippen molar-refractivity contribution in [2.45, 2.75) is 18.9 Å². The summed E-state index contributed by atoms with van der Waals surface area (Å²) in [6, 6.07) is 13.7. The van der Waals surface area contributed by atoms with Crippen molar-refractivity contribution in [2.75, 3.05) is 18.9 Å². The number of benzene rings is 2. The molecule has 1 atom stereocenters. The minimum absolute atomic E-state index is 0.0963. The molecule has 0 fully saturated rings. The topological polar surface area (TPSA) is 32.3 Å². The fourth-order valence-corrected chi connectivity index (χ4v) is 3.45. The van der Waals surface area contributed by atoms with Gasteiger partial charge in [0.2, 0.25) is 5.91 Å². The van der Waals surface area contributed by atoms with Gasteiger partial charge in [-0.05, 0) is 49.2 Å². The van der Waals surface area contributed by atoms with Crippen LogP contribution >= 0.6 is 23.2 Å². The van der Waals surface area contributed by atoms with Gasteiger partial charge in [-0.2, -0.15) is 0 Å². The number of amides is 1. The molecule has 2 aromatic rings. The Balaban J connectivity index is 1.65. The van der Waals surface area contributed by atoms with Gasteiger partial charge in [-0.3, -0.25) is 9.69 Å². The highest BCUT2D eigenvalue weighted by Gasteiger charge is 2.26. The summed E-state index contributed by atoms with van der Waals surface area (Å²) in [5, 5.41) is 3.86. The number of halogens is 2. The highest BCUT2D eigenvalue weighted by molar-refractivity contribution is 6.35. The molecule has 0 bridgehead atoms. The summed E-state index contributed by atoms with van der Waals surface area (Å²) in [7, 11) is 1.98. The van der Waals surface area contributed by atoms with Crippen molar-refractivity contribution in [1.29, 1.82) is 0 Å². The molecular weight excluding hydrogens is 331 g/mol. The number of likely N-dealkylation sites (N-methyl/N-ethyl adjacent to an activating group) is 1. The molecule has 5 heteroatoms. The summed E-state index contributed by atoms with van der Waals surface area (Å²) in [6.07, 6.45) is 2.11. The molecule has 3 rings (SSSR count). The molecule has 0 saturated carbocycles. The molecular formula is C18H18Cl2N2O. The van der Waals surface area contributed by atoms with Crippen LogP contribution in [0.5, 0.6) is 0 Å². The van der Waals surface area contributed by atoms with Crippen molar-refractivity contribution >= 4 is 34.8 Å². The molecule has 1 N–H and O–H groups in total. The Morgan fingerprint density at radius 3 is 2.87 bits per heavy atom. The number of carbonyl (C=O) groups excluding carboxylic acids is 1. The van der Waals surface area contributed by atoms with Crippen LogP contribution in [0.4, 0.5) is 5.69 Å².